The van der Waals surface area contributed by atoms with Crippen molar-refractivity contribution in [1.29, 1.82) is 5.41 Å². The second kappa shape index (κ2) is 6.94. The first-order chi connectivity index (χ1) is 12.3. The molecule has 138 valence electrons. The summed E-state index contributed by atoms with van der Waals surface area (Å²) in [6.45, 7) is 1.48. The number of carbonyl (C=O) groups excluding carboxylic acids is 1. The third-order valence-electron chi connectivity index (χ3n) is 4.06. The number of amides is 1. The van der Waals surface area contributed by atoms with Crippen LogP contribution in [0.4, 0.5) is 18.3 Å². The van der Waals surface area contributed by atoms with Crippen LogP contribution in [0.5, 0.6) is 0 Å². The van der Waals surface area contributed by atoms with E-state index < -0.39 is 17.6 Å². The molecule has 0 atom stereocenters. The summed E-state index contributed by atoms with van der Waals surface area (Å²) in [5.74, 6) is -0.688. The number of benzene rings is 1. The van der Waals surface area contributed by atoms with E-state index in [9.17, 15) is 18.0 Å². The molecule has 1 amide bonds. The number of carbonyl (C=O) groups is 1. The largest absolute Gasteiger partial charge is 0.417 e. The van der Waals surface area contributed by atoms with Gasteiger partial charge < -0.3 is 15.5 Å². The Balaban J connectivity index is 1.70. The van der Waals surface area contributed by atoms with E-state index in [-0.39, 0.29) is 11.4 Å². The Morgan fingerprint density at radius 2 is 1.85 bits per heavy atom. The minimum Gasteiger partial charge on any atom is -0.383 e. The number of nitrogens with two attached hydrogens (primary N) is 1. The summed E-state index contributed by atoms with van der Waals surface area (Å²) in [7, 11) is 0. The number of amidine groups is 1. The highest BCUT2D eigenvalue weighted by Crippen LogP contribution is 2.32. The predicted molar refractivity (Wildman–Crippen MR) is 92.7 cm³/mol. The number of piperazine rings is 1. The van der Waals surface area contributed by atoms with E-state index in [1.807, 2.05) is 4.90 Å². The average Bonchev–Trinajstić information content (AvgIpc) is 3.11. The third-order valence-corrected chi connectivity index (χ3v) is 5.15. The Kier molecular flexibility index (Phi) is 4.86. The van der Waals surface area contributed by atoms with Crippen LogP contribution in [0.25, 0.3) is 0 Å². The van der Waals surface area contributed by atoms with Crippen molar-refractivity contribution in [2.45, 2.75) is 6.18 Å². The smallest absolute Gasteiger partial charge is 0.383 e. The molecule has 3 rings (SSSR count). The molecule has 6 nitrogen and oxygen atoms in total. The van der Waals surface area contributed by atoms with Gasteiger partial charge >= 0.3 is 6.18 Å². The van der Waals surface area contributed by atoms with Crippen molar-refractivity contribution in [3.8, 4) is 0 Å². The summed E-state index contributed by atoms with van der Waals surface area (Å²) in [5.41, 5.74) is 4.17. The molecule has 0 radical (unpaired) electrons. The summed E-state index contributed by atoms with van der Waals surface area (Å²) in [4.78, 5) is 20.7. The highest BCUT2D eigenvalue weighted by atomic mass is 32.1. The van der Waals surface area contributed by atoms with Gasteiger partial charge in [0.15, 0.2) is 5.13 Å². The maximum absolute atomic E-state index is 13.1. The van der Waals surface area contributed by atoms with Crippen molar-refractivity contribution in [3.05, 3.63) is 46.5 Å². The van der Waals surface area contributed by atoms with Gasteiger partial charge in [-0.25, -0.2) is 4.98 Å². The van der Waals surface area contributed by atoms with Crippen LogP contribution >= 0.6 is 11.3 Å². The number of alkyl halides is 3. The number of halogens is 3. The van der Waals surface area contributed by atoms with Crippen molar-refractivity contribution in [1.82, 2.24) is 9.88 Å². The van der Waals surface area contributed by atoms with Crippen LogP contribution in [0.2, 0.25) is 0 Å². The molecule has 1 aliphatic heterocycles. The van der Waals surface area contributed by atoms with E-state index in [0.717, 1.165) is 6.07 Å². The zero-order valence-electron chi connectivity index (χ0n) is 13.6. The van der Waals surface area contributed by atoms with Gasteiger partial charge in [-0.15, -0.1) is 0 Å². The molecule has 2 heterocycles. The molecule has 1 fully saturated rings. The van der Waals surface area contributed by atoms with Gasteiger partial charge in [0.25, 0.3) is 5.91 Å². The highest BCUT2D eigenvalue weighted by Gasteiger charge is 2.36. The number of nitrogen functional groups attached to an aromatic ring is 1. The summed E-state index contributed by atoms with van der Waals surface area (Å²) < 4.78 is 39.3. The average molecular weight is 383 g/mol. The molecular weight excluding hydrogens is 367 g/mol. The summed E-state index contributed by atoms with van der Waals surface area (Å²) >= 11 is 1.27. The zero-order chi connectivity index (χ0) is 18.9. The Morgan fingerprint density at radius 3 is 2.42 bits per heavy atom. The molecule has 0 saturated carbocycles. The molecule has 0 spiro atoms. The standard InChI is InChI=1S/C16H16F3N5OS/c17-16(18,19)11-4-2-1-3-10(11)14(25)23-5-7-24(8-6-23)15-22-9-12(26-15)13(20)21/h1-4,9H,5-8H2,(H3,20,21). The Morgan fingerprint density at radius 1 is 1.19 bits per heavy atom. The fourth-order valence-corrected chi connectivity index (χ4v) is 3.55. The number of hydrogen-bond donors (Lipinski definition) is 2. The first-order valence-corrected chi connectivity index (χ1v) is 8.59. The maximum atomic E-state index is 13.1. The number of thiazole rings is 1. The molecule has 1 aliphatic rings. The quantitative estimate of drug-likeness (QED) is 0.630. The maximum Gasteiger partial charge on any atom is 0.417 e. The molecule has 1 saturated heterocycles. The predicted octanol–water partition coefficient (Wildman–Crippen LogP) is 2.41. The van der Waals surface area contributed by atoms with Crippen LogP contribution in [-0.2, 0) is 6.18 Å². The lowest BCUT2D eigenvalue weighted by Crippen LogP contribution is -2.49. The monoisotopic (exact) mass is 383 g/mol. The van der Waals surface area contributed by atoms with Crippen molar-refractivity contribution >= 4 is 28.2 Å². The van der Waals surface area contributed by atoms with Gasteiger partial charge in [0.1, 0.15) is 5.84 Å². The first kappa shape index (κ1) is 18.2. The van der Waals surface area contributed by atoms with Crippen molar-refractivity contribution in [2.24, 2.45) is 5.73 Å². The number of rotatable bonds is 3. The molecule has 3 N–H and O–H groups in total. The molecule has 0 bridgehead atoms. The van der Waals surface area contributed by atoms with Crippen LogP contribution in [0, 0.1) is 5.41 Å². The molecule has 1 aromatic heterocycles. The summed E-state index contributed by atoms with van der Waals surface area (Å²) in [6.07, 6.45) is -3.06. The lowest BCUT2D eigenvalue weighted by Gasteiger charge is -2.35. The molecular formula is C16H16F3N5OS. The Bertz CT molecular complexity index is 827. The first-order valence-electron chi connectivity index (χ1n) is 7.78. The fraction of sp³-hybridized carbons (Fsp3) is 0.312. The minimum atomic E-state index is -4.57. The van der Waals surface area contributed by atoms with Gasteiger partial charge in [-0.05, 0) is 12.1 Å². The topological polar surface area (TPSA) is 86.3 Å². The van der Waals surface area contributed by atoms with Crippen molar-refractivity contribution in [2.75, 3.05) is 31.1 Å². The molecule has 10 heteroatoms. The van der Waals surface area contributed by atoms with E-state index in [2.05, 4.69) is 4.98 Å². The third kappa shape index (κ3) is 3.64. The van der Waals surface area contributed by atoms with E-state index in [4.69, 9.17) is 11.1 Å². The number of aromatic nitrogens is 1. The van der Waals surface area contributed by atoms with Gasteiger partial charge in [0.2, 0.25) is 0 Å². The normalized spacial score (nSPS) is 15.2. The lowest BCUT2D eigenvalue weighted by molar-refractivity contribution is -0.138. The van der Waals surface area contributed by atoms with Gasteiger partial charge in [0.05, 0.1) is 22.2 Å². The Labute approximate surface area is 151 Å². The van der Waals surface area contributed by atoms with E-state index in [1.165, 1.54) is 40.6 Å². The van der Waals surface area contributed by atoms with Crippen molar-refractivity contribution in [3.63, 3.8) is 0 Å². The van der Waals surface area contributed by atoms with Crippen LogP contribution < -0.4 is 10.6 Å². The number of anilines is 1. The van der Waals surface area contributed by atoms with Crippen molar-refractivity contribution < 1.29 is 18.0 Å². The minimum absolute atomic E-state index is 0.0636. The molecule has 1 aromatic carbocycles. The highest BCUT2D eigenvalue weighted by molar-refractivity contribution is 7.17. The summed E-state index contributed by atoms with van der Waals surface area (Å²) in [6, 6.07) is 4.82. The van der Waals surface area contributed by atoms with Crippen LogP contribution in [0.3, 0.4) is 0 Å². The van der Waals surface area contributed by atoms with E-state index >= 15 is 0 Å². The lowest BCUT2D eigenvalue weighted by atomic mass is 10.1. The second-order valence-electron chi connectivity index (χ2n) is 5.74. The SMILES string of the molecule is N=C(N)c1cnc(N2CCN(C(=O)c3ccccc3C(F)(F)F)CC2)s1. The van der Waals surface area contributed by atoms with Crippen LogP contribution in [-0.4, -0.2) is 47.8 Å². The fourth-order valence-electron chi connectivity index (χ4n) is 2.72. The van der Waals surface area contributed by atoms with E-state index in [1.54, 1.807) is 0 Å². The van der Waals surface area contributed by atoms with Gasteiger partial charge in [-0.1, -0.05) is 23.5 Å². The number of hydrogen-bond acceptors (Lipinski definition) is 5. The summed E-state index contributed by atoms with van der Waals surface area (Å²) in [5, 5.41) is 8.08. The molecule has 2 aromatic rings. The second-order valence-corrected chi connectivity index (χ2v) is 6.75. The number of nitrogens with one attached hydrogen (secondary N) is 1. The van der Waals surface area contributed by atoms with Gasteiger partial charge in [0, 0.05) is 26.2 Å². The van der Waals surface area contributed by atoms with Gasteiger partial charge in [-0.3, -0.25) is 10.2 Å². The molecule has 0 unspecified atom stereocenters. The Hall–Kier alpha value is -2.62. The van der Waals surface area contributed by atoms with Gasteiger partial charge in [-0.2, -0.15) is 13.2 Å². The van der Waals surface area contributed by atoms with Crippen LogP contribution in [0.1, 0.15) is 20.8 Å². The zero-order valence-corrected chi connectivity index (χ0v) is 14.4. The van der Waals surface area contributed by atoms with Crippen LogP contribution in [0.15, 0.2) is 30.5 Å². The van der Waals surface area contributed by atoms with E-state index in [0.29, 0.717) is 36.2 Å². The molecule has 26 heavy (non-hydrogen) atoms. The molecule has 0 aliphatic carbocycles. The number of nitrogens with zero attached hydrogens (tertiary/aromatic N) is 3.